The largest absolute Gasteiger partial charge is 0.384 e. The average molecular weight is 261 g/mol. The lowest BCUT2D eigenvalue weighted by Crippen LogP contribution is -2.21. The number of aliphatic hydroxyl groups excluding tert-OH is 1. The van der Waals surface area contributed by atoms with Crippen molar-refractivity contribution in [3.63, 3.8) is 0 Å². The Morgan fingerprint density at radius 2 is 2.21 bits per heavy atom. The predicted molar refractivity (Wildman–Crippen MR) is 74.0 cm³/mol. The third-order valence-electron chi connectivity index (χ3n) is 3.64. The molecule has 0 amide bonds. The van der Waals surface area contributed by atoms with Crippen LogP contribution in [0.1, 0.15) is 24.5 Å². The Bertz CT molecular complexity index is 503. The van der Waals surface area contributed by atoms with E-state index in [0.29, 0.717) is 5.56 Å². The van der Waals surface area contributed by atoms with Gasteiger partial charge in [-0.05, 0) is 43.0 Å². The van der Waals surface area contributed by atoms with Crippen LogP contribution in [-0.2, 0) is 6.54 Å². The quantitative estimate of drug-likeness (QED) is 0.840. The summed E-state index contributed by atoms with van der Waals surface area (Å²) >= 11 is 0. The Morgan fingerprint density at radius 1 is 1.47 bits per heavy atom. The highest BCUT2D eigenvalue weighted by molar-refractivity contribution is 5.41. The molecule has 3 heteroatoms. The highest BCUT2D eigenvalue weighted by Gasteiger charge is 2.33. The van der Waals surface area contributed by atoms with Crippen LogP contribution in [0.5, 0.6) is 0 Å². The zero-order valence-electron chi connectivity index (χ0n) is 11.5. The van der Waals surface area contributed by atoms with Crippen molar-refractivity contribution in [2.75, 3.05) is 20.2 Å². The van der Waals surface area contributed by atoms with Gasteiger partial charge in [0.1, 0.15) is 12.4 Å². The standard InChI is InChI=1S/C16H20FNO/c1-12-8-15(12)11-18(2)10-14-5-6-16(17)9-13(14)4-3-7-19/h5-6,9,12,15,19H,7-8,10-11H2,1-2H3. The molecule has 0 radical (unpaired) electrons. The molecular formula is C16H20FNO. The van der Waals surface area contributed by atoms with E-state index in [9.17, 15) is 4.39 Å². The summed E-state index contributed by atoms with van der Waals surface area (Å²) in [6, 6.07) is 4.68. The first-order chi connectivity index (χ1) is 9.10. The van der Waals surface area contributed by atoms with Gasteiger partial charge in [-0.3, -0.25) is 0 Å². The van der Waals surface area contributed by atoms with Crippen molar-refractivity contribution in [1.82, 2.24) is 4.90 Å². The fourth-order valence-corrected chi connectivity index (χ4v) is 2.35. The first kappa shape index (κ1) is 14.0. The fraction of sp³-hybridized carbons (Fsp3) is 0.500. The molecule has 0 heterocycles. The van der Waals surface area contributed by atoms with Gasteiger partial charge in [-0.2, -0.15) is 0 Å². The van der Waals surface area contributed by atoms with Crippen molar-refractivity contribution in [2.24, 2.45) is 11.8 Å². The summed E-state index contributed by atoms with van der Waals surface area (Å²) in [5.74, 6) is 6.76. The Morgan fingerprint density at radius 3 is 2.84 bits per heavy atom. The van der Waals surface area contributed by atoms with Gasteiger partial charge in [-0.1, -0.05) is 24.8 Å². The molecule has 1 fully saturated rings. The molecule has 2 atom stereocenters. The molecule has 0 aliphatic heterocycles. The van der Waals surface area contributed by atoms with E-state index in [2.05, 4.69) is 30.7 Å². The second-order valence-electron chi connectivity index (χ2n) is 5.43. The minimum atomic E-state index is -0.288. The molecule has 1 aliphatic carbocycles. The normalized spacial score (nSPS) is 21.1. The van der Waals surface area contributed by atoms with Gasteiger partial charge in [0.15, 0.2) is 0 Å². The Labute approximate surface area is 114 Å². The molecule has 0 aromatic heterocycles. The molecule has 1 aromatic rings. The van der Waals surface area contributed by atoms with Gasteiger partial charge in [0, 0.05) is 18.7 Å². The molecular weight excluding hydrogens is 241 g/mol. The number of rotatable bonds is 4. The van der Waals surface area contributed by atoms with Crippen molar-refractivity contribution < 1.29 is 9.50 Å². The van der Waals surface area contributed by atoms with E-state index in [1.165, 1.54) is 18.6 Å². The van der Waals surface area contributed by atoms with Gasteiger partial charge in [0.2, 0.25) is 0 Å². The maximum absolute atomic E-state index is 13.2. The molecule has 1 saturated carbocycles. The van der Waals surface area contributed by atoms with Crippen LogP contribution < -0.4 is 0 Å². The molecule has 0 bridgehead atoms. The minimum Gasteiger partial charge on any atom is -0.384 e. The van der Waals surface area contributed by atoms with E-state index in [1.54, 1.807) is 6.07 Å². The monoisotopic (exact) mass is 261 g/mol. The van der Waals surface area contributed by atoms with Crippen molar-refractivity contribution in [1.29, 1.82) is 0 Å². The summed E-state index contributed by atoms with van der Waals surface area (Å²) < 4.78 is 13.2. The second-order valence-corrected chi connectivity index (χ2v) is 5.43. The summed E-state index contributed by atoms with van der Waals surface area (Å²) in [6.45, 7) is 3.91. The molecule has 2 rings (SSSR count). The van der Waals surface area contributed by atoms with Crippen LogP contribution >= 0.6 is 0 Å². The van der Waals surface area contributed by atoms with Gasteiger partial charge >= 0.3 is 0 Å². The first-order valence-electron chi connectivity index (χ1n) is 6.67. The van der Waals surface area contributed by atoms with Crippen LogP contribution in [0.2, 0.25) is 0 Å². The zero-order valence-corrected chi connectivity index (χ0v) is 11.5. The Balaban J connectivity index is 2.05. The number of benzene rings is 1. The van der Waals surface area contributed by atoms with Crippen LogP contribution in [0, 0.1) is 29.5 Å². The lowest BCUT2D eigenvalue weighted by atomic mass is 10.1. The fourth-order valence-electron chi connectivity index (χ4n) is 2.35. The third-order valence-corrected chi connectivity index (χ3v) is 3.64. The lowest BCUT2D eigenvalue weighted by molar-refractivity contribution is 0.307. The number of nitrogens with zero attached hydrogens (tertiary/aromatic N) is 1. The predicted octanol–water partition coefficient (Wildman–Crippen LogP) is 2.26. The van der Waals surface area contributed by atoms with E-state index < -0.39 is 0 Å². The number of hydrogen-bond donors (Lipinski definition) is 1. The summed E-state index contributed by atoms with van der Waals surface area (Å²) in [6.07, 6.45) is 1.31. The summed E-state index contributed by atoms with van der Waals surface area (Å²) in [4.78, 5) is 2.26. The number of hydrogen-bond acceptors (Lipinski definition) is 2. The first-order valence-corrected chi connectivity index (χ1v) is 6.67. The maximum Gasteiger partial charge on any atom is 0.124 e. The molecule has 2 unspecified atom stereocenters. The van der Waals surface area contributed by atoms with Crippen LogP contribution in [0.15, 0.2) is 18.2 Å². The Kier molecular flexibility index (Phi) is 4.57. The molecule has 0 spiro atoms. The van der Waals surface area contributed by atoms with Crippen LogP contribution in [0.25, 0.3) is 0 Å². The van der Waals surface area contributed by atoms with Gasteiger partial charge < -0.3 is 10.0 Å². The summed E-state index contributed by atoms with van der Waals surface area (Å²) in [5.41, 5.74) is 1.68. The van der Waals surface area contributed by atoms with Crippen molar-refractivity contribution in [3.8, 4) is 11.8 Å². The van der Waals surface area contributed by atoms with Gasteiger partial charge in [0.05, 0.1) is 0 Å². The summed E-state index contributed by atoms with van der Waals surface area (Å²) in [5, 5.41) is 8.75. The van der Waals surface area contributed by atoms with E-state index in [4.69, 9.17) is 5.11 Å². The van der Waals surface area contributed by atoms with Crippen molar-refractivity contribution in [2.45, 2.75) is 19.9 Å². The molecule has 19 heavy (non-hydrogen) atoms. The number of aliphatic hydroxyl groups is 1. The molecule has 1 aromatic carbocycles. The number of halogens is 1. The second kappa shape index (κ2) is 6.18. The van der Waals surface area contributed by atoms with Gasteiger partial charge in [-0.15, -0.1) is 0 Å². The van der Waals surface area contributed by atoms with E-state index in [0.717, 1.165) is 30.5 Å². The summed E-state index contributed by atoms with van der Waals surface area (Å²) in [7, 11) is 2.08. The minimum absolute atomic E-state index is 0.203. The van der Waals surface area contributed by atoms with Gasteiger partial charge in [-0.25, -0.2) is 4.39 Å². The molecule has 1 N–H and O–H groups in total. The molecule has 0 saturated heterocycles. The highest BCUT2D eigenvalue weighted by atomic mass is 19.1. The van der Waals surface area contributed by atoms with E-state index >= 15 is 0 Å². The van der Waals surface area contributed by atoms with E-state index in [-0.39, 0.29) is 12.4 Å². The van der Waals surface area contributed by atoms with Crippen LogP contribution in [0.3, 0.4) is 0 Å². The Hall–Kier alpha value is -1.37. The smallest absolute Gasteiger partial charge is 0.124 e. The zero-order chi connectivity index (χ0) is 13.8. The highest BCUT2D eigenvalue weighted by Crippen LogP contribution is 2.38. The van der Waals surface area contributed by atoms with Crippen LogP contribution in [0.4, 0.5) is 4.39 Å². The topological polar surface area (TPSA) is 23.5 Å². The molecule has 2 nitrogen and oxygen atoms in total. The third kappa shape index (κ3) is 4.05. The van der Waals surface area contributed by atoms with Gasteiger partial charge in [0.25, 0.3) is 0 Å². The van der Waals surface area contributed by atoms with Crippen molar-refractivity contribution >= 4 is 0 Å². The molecule has 102 valence electrons. The van der Waals surface area contributed by atoms with Crippen molar-refractivity contribution in [3.05, 3.63) is 35.1 Å². The SMILES string of the molecule is CC1CC1CN(C)Cc1ccc(F)cc1C#CCO. The lowest BCUT2D eigenvalue weighted by Gasteiger charge is -2.17. The van der Waals surface area contributed by atoms with E-state index in [1.807, 2.05) is 0 Å². The molecule has 1 aliphatic rings. The average Bonchev–Trinajstić information content (AvgIpc) is 3.05. The van der Waals surface area contributed by atoms with Crippen LogP contribution in [-0.4, -0.2) is 30.2 Å². The maximum atomic E-state index is 13.2.